The number of hydrogen-bond donors (Lipinski definition) is 2. The van der Waals surface area contributed by atoms with E-state index in [0.717, 1.165) is 43.5 Å². The van der Waals surface area contributed by atoms with Gasteiger partial charge in [0.1, 0.15) is 11.5 Å². The molecule has 1 saturated heterocycles. The number of aliphatic hydroxyl groups excluding tert-OH is 1. The van der Waals surface area contributed by atoms with Crippen molar-refractivity contribution in [1.29, 1.82) is 0 Å². The highest BCUT2D eigenvalue weighted by atomic mass is 16.5. The number of nitrogens with zero attached hydrogens (tertiary/aromatic N) is 1. The first-order valence-corrected chi connectivity index (χ1v) is 10.9. The van der Waals surface area contributed by atoms with Gasteiger partial charge in [-0.05, 0) is 42.5 Å². The molecule has 0 bridgehead atoms. The van der Waals surface area contributed by atoms with E-state index in [1.807, 2.05) is 23.1 Å². The number of allylic oxidation sites excluding steroid dienone is 1. The predicted octanol–water partition coefficient (Wildman–Crippen LogP) is 2.47. The number of benzene rings is 1. The fourth-order valence-electron chi connectivity index (χ4n) is 4.88. The molecule has 7 nitrogen and oxygen atoms in total. The number of amides is 2. The van der Waals surface area contributed by atoms with E-state index in [-0.39, 0.29) is 24.2 Å². The van der Waals surface area contributed by atoms with Gasteiger partial charge in [0, 0.05) is 43.6 Å². The van der Waals surface area contributed by atoms with Crippen LogP contribution in [0.4, 0.5) is 0 Å². The Bertz CT molecular complexity index is 917. The van der Waals surface area contributed by atoms with Crippen LogP contribution in [0, 0.1) is 5.92 Å². The lowest BCUT2D eigenvalue weighted by molar-refractivity contribution is -0.133. The first-order valence-electron chi connectivity index (χ1n) is 10.9. The van der Waals surface area contributed by atoms with Gasteiger partial charge in [-0.1, -0.05) is 12.1 Å². The number of nitrogens with one attached hydrogen (secondary N) is 1. The molecule has 2 N–H and O–H groups in total. The molecule has 2 heterocycles. The number of carbonyl (C=O) groups excluding carboxylic acids is 2. The van der Waals surface area contributed by atoms with Crippen LogP contribution in [0.25, 0.3) is 0 Å². The van der Waals surface area contributed by atoms with Crippen LogP contribution in [0.3, 0.4) is 0 Å². The SMILES string of the molecule is COC1=CC(O)C(C(CC(=O)N2CCCCC2)c2ccc3c(c2)CNC3=O)C(OC)=C1. The van der Waals surface area contributed by atoms with Crippen molar-refractivity contribution in [3.8, 4) is 0 Å². The van der Waals surface area contributed by atoms with Gasteiger partial charge in [0.25, 0.3) is 5.91 Å². The molecule has 3 aliphatic rings. The normalized spacial score (nSPS) is 24.0. The van der Waals surface area contributed by atoms with E-state index in [9.17, 15) is 14.7 Å². The largest absolute Gasteiger partial charge is 0.501 e. The average molecular weight is 427 g/mol. The van der Waals surface area contributed by atoms with Gasteiger partial charge in [0.2, 0.25) is 5.91 Å². The molecule has 1 aromatic carbocycles. The number of carbonyl (C=O) groups is 2. The monoisotopic (exact) mass is 426 g/mol. The fourth-order valence-corrected chi connectivity index (χ4v) is 4.88. The van der Waals surface area contributed by atoms with E-state index >= 15 is 0 Å². The molecule has 31 heavy (non-hydrogen) atoms. The summed E-state index contributed by atoms with van der Waals surface area (Å²) < 4.78 is 10.9. The van der Waals surface area contributed by atoms with Gasteiger partial charge in [-0.25, -0.2) is 0 Å². The van der Waals surface area contributed by atoms with Crippen molar-refractivity contribution in [1.82, 2.24) is 10.2 Å². The van der Waals surface area contributed by atoms with Crippen molar-refractivity contribution in [3.63, 3.8) is 0 Å². The Hall–Kier alpha value is -2.80. The molecule has 3 unspecified atom stereocenters. The molecule has 0 spiro atoms. The Morgan fingerprint density at radius 2 is 2.00 bits per heavy atom. The minimum atomic E-state index is -0.859. The second-order valence-corrected chi connectivity index (χ2v) is 8.39. The predicted molar refractivity (Wildman–Crippen MR) is 115 cm³/mol. The van der Waals surface area contributed by atoms with E-state index in [4.69, 9.17) is 9.47 Å². The minimum absolute atomic E-state index is 0.0784. The third-order valence-corrected chi connectivity index (χ3v) is 6.57. The van der Waals surface area contributed by atoms with Gasteiger partial charge < -0.3 is 24.8 Å². The summed E-state index contributed by atoms with van der Waals surface area (Å²) >= 11 is 0. The summed E-state index contributed by atoms with van der Waals surface area (Å²) in [6.07, 6.45) is 6.04. The van der Waals surface area contributed by atoms with E-state index in [1.165, 1.54) is 0 Å². The molecule has 1 fully saturated rings. The maximum absolute atomic E-state index is 13.2. The quantitative estimate of drug-likeness (QED) is 0.730. The number of piperidine rings is 1. The molecule has 0 aromatic heterocycles. The van der Waals surface area contributed by atoms with Crippen LogP contribution in [0.1, 0.15) is 53.1 Å². The van der Waals surface area contributed by atoms with Crippen LogP contribution in [0.5, 0.6) is 0 Å². The lowest BCUT2D eigenvalue weighted by Crippen LogP contribution is -2.39. The van der Waals surface area contributed by atoms with Crippen LogP contribution < -0.4 is 5.32 Å². The molecule has 1 aliphatic carbocycles. The van der Waals surface area contributed by atoms with E-state index in [1.54, 1.807) is 26.4 Å². The van der Waals surface area contributed by atoms with Crippen molar-refractivity contribution in [3.05, 3.63) is 58.6 Å². The molecule has 0 radical (unpaired) electrons. The minimum Gasteiger partial charge on any atom is -0.501 e. The van der Waals surface area contributed by atoms with Gasteiger partial charge in [0.15, 0.2) is 0 Å². The van der Waals surface area contributed by atoms with Crippen LogP contribution in [-0.4, -0.2) is 55.2 Å². The lowest BCUT2D eigenvalue weighted by Gasteiger charge is -2.35. The zero-order chi connectivity index (χ0) is 22.0. The second-order valence-electron chi connectivity index (χ2n) is 8.39. The third-order valence-electron chi connectivity index (χ3n) is 6.57. The van der Waals surface area contributed by atoms with Crippen LogP contribution in [0.15, 0.2) is 41.9 Å². The molecule has 3 atom stereocenters. The maximum Gasteiger partial charge on any atom is 0.251 e. The smallest absolute Gasteiger partial charge is 0.251 e. The maximum atomic E-state index is 13.2. The van der Waals surface area contributed by atoms with Crippen molar-refractivity contribution in [2.24, 2.45) is 5.92 Å². The summed E-state index contributed by atoms with van der Waals surface area (Å²) in [5.74, 6) is 0.393. The molecule has 2 aliphatic heterocycles. The van der Waals surface area contributed by atoms with Crippen molar-refractivity contribution in [2.45, 2.75) is 44.2 Å². The van der Waals surface area contributed by atoms with Gasteiger partial charge in [-0.2, -0.15) is 0 Å². The first-order chi connectivity index (χ1) is 15.0. The standard InChI is InChI=1S/C24H30N2O5/c1-30-17-11-20(27)23(21(12-17)31-2)19(13-22(28)26-8-4-3-5-9-26)15-6-7-18-16(10-15)14-25-24(18)29/h6-7,10-12,19-20,23,27H,3-5,8-9,13-14H2,1-2H3,(H,25,29). The summed E-state index contributed by atoms with van der Waals surface area (Å²) in [7, 11) is 3.11. The van der Waals surface area contributed by atoms with Gasteiger partial charge in [-0.3, -0.25) is 9.59 Å². The number of fused-ring (bicyclic) bond motifs is 1. The number of methoxy groups -OCH3 is 2. The number of likely N-dealkylation sites (tertiary alicyclic amines) is 1. The Labute approximate surface area is 182 Å². The van der Waals surface area contributed by atoms with Crippen molar-refractivity contribution < 1.29 is 24.2 Å². The Balaban J connectivity index is 1.69. The summed E-state index contributed by atoms with van der Waals surface area (Å²) in [6.45, 7) is 2.03. The Morgan fingerprint density at radius 1 is 1.23 bits per heavy atom. The molecule has 2 amide bonds. The number of hydrogen-bond acceptors (Lipinski definition) is 5. The molecule has 0 saturated carbocycles. The lowest BCUT2D eigenvalue weighted by atomic mass is 9.76. The van der Waals surface area contributed by atoms with E-state index in [0.29, 0.717) is 23.6 Å². The highest BCUT2D eigenvalue weighted by Crippen LogP contribution is 2.40. The molecule has 7 heteroatoms. The first kappa shape index (κ1) is 21.4. The number of rotatable bonds is 6. The molecular formula is C24H30N2O5. The summed E-state index contributed by atoms with van der Waals surface area (Å²) in [5, 5.41) is 13.8. The molecular weight excluding hydrogens is 396 g/mol. The number of ether oxygens (including phenoxy) is 2. The van der Waals surface area contributed by atoms with Gasteiger partial charge in [0.05, 0.1) is 26.2 Å². The fraction of sp³-hybridized carbons (Fsp3) is 0.500. The topological polar surface area (TPSA) is 88.1 Å². The summed E-state index contributed by atoms with van der Waals surface area (Å²) in [5.41, 5.74) is 2.50. The van der Waals surface area contributed by atoms with Gasteiger partial charge in [-0.15, -0.1) is 0 Å². The highest BCUT2D eigenvalue weighted by Gasteiger charge is 2.38. The summed E-state index contributed by atoms with van der Waals surface area (Å²) in [6, 6.07) is 5.69. The van der Waals surface area contributed by atoms with Crippen molar-refractivity contribution in [2.75, 3.05) is 27.3 Å². The Morgan fingerprint density at radius 3 is 2.71 bits per heavy atom. The Kier molecular flexibility index (Phi) is 6.32. The number of aliphatic hydroxyl groups is 1. The van der Waals surface area contributed by atoms with E-state index < -0.39 is 12.0 Å². The zero-order valence-corrected chi connectivity index (χ0v) is 18.1. The average Bonchev–Trinajstić information content (AvgIpc) is 3.17. The van der Waals surface area contributed by atoms with E-state index in [2.05, 4.69) is 5.32 Å². The second kappa shape index (κ2) is 9.14. The van der Waals surface area contributed by atoms with Crippen LogP contribution in [-0.2, 0) is 20.8 Å². The van der Waals surface area contributed by atoms with Crippen LogP contribution >= 0.6 is 0 Å². The summed E-state index contributed by atoms with van der Waals surface area (Å²) in [4.78, 5) is 27.1. The third kappa shape index (κ3) is 4.32. The van der Waals surface area contributed by atoms with Gasteiger partial charge >= 0.3 is 0 Å². The molecule has 1 aromatic rings. The van der Waals surface area contributed by atoms with Crippen LogP contribution in [0.2, 0.25) is 0 Å². The zero-order valence-electron chi connectivity index (χ0n) is 18.1. The highest BCUT2D eigenvalue weighted by molar-refractivity contribution is 5.98. The van der Waals surface area contributed by atoms with Crippen molar-refractivity contribution >= 4 is 11.8 Å². The molecule has 166 valence electrons. The molecule has 4 rings (SSSR count).